The summed E-state index contributed by atoms with van der Waals surface area (Å²) >= 11 is 0. The lowest BCUT2D eigenvalue weighted by Gasteiger charge is -2.43. The molecule has 0 saturated heterocycles. The number of nitrogens with zero attached hydrogens (tertiary/aromatic N) is 3. The van der Waals surface area contributed by atoms with Crippen molar-refractivity contribution in [2.24, 2.45) is 17.8 Å². The van der Waals surface area contributed by atoms with Crippen LogP contribution in [-0.2, 0) is 24.3 Å². The van der Waals surface area contributed by atoms with Crippen LogP contribution in [0.4, 0.5) is 0 Å². The Labute approximate surface area is 132 Å². The number of ether oxygens (including phenoxy) is 1. The number of aromatic nitrogens is 3. The predicted molar refractivity (Wildman–Crippen MR) is 84.4 cm³/mol. The van der Waals surface area contributed by atoms with Crippen LogP contribution in [0.1, 0.15) is 50.2 Å². The van der Waals surface area contributed by atoms with Gasteiger partial charge in [0.15, 0.2) is 5.82 Å². The smallest absolute Gasteiger partial charge is 0.176 e. The Kier molecular flexibility index (Phi) is 4.18. The molecule has 2 atom stereocenters. The monoisotopic (exact) mass is 304 g/mol. The Morgan fingerprint density at radius 1 is 1.23 bits per heavy atom. The second-order valence-corrected chi connectivity index (χ2v) is 7.48. The molecule has 5 rings (SSSR count). The molecular formula is C17H28N4O. The van der Waals surface area contributed by atoms with Crippen LogP contribution in [0.5, 0.6) is 0 Å². The number of nitrogens with one attached hydrogen (secondary N) is 1. The van der Waals surface area contributed by atoms with E-state index in [1.165, 1.54) is 45.1 Å². The molecular weight excluding hydrogens is 276 g/mol. The molecule has 0 radical (unpaired) electrons. The molecule has 22 heavy (non-hydrogen) atoms. The number of hydrogen-bond acceptors (Lipinski definition) is 4. The van der Waals surface area contributed by atoms with E-state index in [9.17, 15) is 0 Å². The third-order valence-electron chi connectivity index (χ3n) is 6.04. The Hall–Kier alpha value is -0.940. The van der Waals surface area contributed by atoms with Crippen LogP contribution in [0.3, 0.4) is 0 Å². The molecule has 0 aromatic carbocycles. The Morgan fingerprint density at radius 3 is 2.82 bits per heavy atom. The number of rotatable bonds is 5. The van der Waals surface area contributed by atoms with Crippen molar-refractivity contribution >= 4 is 0 Å². The van der Waals surface area contributed by atoms with E-state index >= 15 is 0 Å². The molecule has 5 nitrogen and oxygen atoms in total. The molecule has 2 unspecified atom stereocenters. The van der Waals surface area contributed by atoms with Crippen molar-refractivity contribution in [3.63, 3.8) is 0 Å². The number of aryl methyl sites for hydroxylation is 1. The van der Waals surface area contributed by atoms with Crippen LogP contribution in [0.25, 0.3) is 0 Å². The summed E-state index contributed by atoms with van der Waals surface area (Å²) in [5.41, 5.74) is 0. The molecule has 2 bridgehead atoms. The van der Waals surface area contributed by atoms with E-state index in [1.54, 1.807) is 7.11 Å². The third-order valence-corrected chi connectivity index (χ3v) is 6.04. The highest BCUT2D eigenvalue weighted by atomic mass is 16.5. The van der Waals surface area contributed by atoms with E-state index < -0.39 is 0 Å². The van der Waals surface area contributed by atoms with E-state index in [4.69, 9.17) is 4.74 Å². The first-order valence-corrected chi connectivity index (χ1v) is 8.96. The van der Waals surface area contributed by atoms with Gasteiger partial charge in [0.25, 0.3) is 0 Å². The number of hydrogen-bond donors (Lipinski definition) is 1. The highest BCUT2D eigenvalue weighted by Gasteiger charge is 2.35. The molecule has 3 aliphatic carbocycles. The van der Waals surface area contributed by atoms with Gasteiger partial charge < -0.3 is 10.1 Å². The van der Waals surface area contributed by atoms with Crippen molar-refractivity contribution in [1.82, 2.24) is 20.1 Å². The van der Waals surface area contributed by atoms with Crippen molar-refractivity contribution in [3.8, 4) is 0 Å². The fraction of sp³-hybridized carbons (Fsp3) is 0.882. The van der Waals surface area contributed by atoms with Gasteiger partial charge in [0.05, 0.1) is 6.54 Å². The van der Waals surface area contributed by atoms with E-state index in [0.717, 1.165) is 42.4 Å². The van der Waals surface area contributed by atoms with Gasteiger partial charge in [0, 0.05) is 19.6 Å². The summed E-state index contributed by atoms with van der Waals surface area (Å²) in [5, 5.41) is 8.40. The van der Waals surface area contributed by atoms with Gasteiger partial charge in [0.2, 0.25) is 0 Å². The molecule has 5 heteroatoms. The van der Waals surface area contributed by atoms with Gasteiger partial charge in [-0.2, -0.15) is 5.10 Å². The number of fused-ring (bicyclic) bond motifs is 4. The van der Waals surface area contributed by atoms with Crippen molar-refractivity contribution in [2.45, 2.75) is 64.1 Å². The molecule has 1 N–H and O–H groups in total. The maximum atomic E-state index is 5.13. The summed E-state index contributed by atoms with van der Waals surface area (Å²) in [6.45, 7) is 2.69. The third kappa shape index (κ3) is 2.93. The minimum Gasteiger partial charge on any atom is -0.377 e. The molecule has 1 aromatic rings. The summed E-state index contributed by atoms with van der Waals surface area (Å²) < 4.78 is 7.22. The van der Waals surface area contributed by atoms with Crippen LogP contribution >= 0.6 is 0 Å². The SMILES string of the molecule is COCc1nc2n(n1)CC(NCC1CC3CCC1CC3)CC2. The lowest BCUT2D eigenvalue weighted by molar-refractivity contribution is 0.0944. The first-order valence-electron chi connectivity index (χ1n) is 8.96. The summed E-state index contributed by atoms with van der Waals surface area (Å²) in [6.07, 6.45) is 9.64. The minimum absolute atomic E-state index is 0.517. The Morgan fingerprint density at radius 2 is 2.09 bits per heavy atom. The van der Waals surface area contributed by atoms with E-state index in [2.05, 4.69) is 20.1 Å². The van der Waals surface area contributed by atoms with Crippen LogP contribution in [0.15, 0.2) is 0 Å². The molecule has 3 fully saturated rings. The van der Waals surface area contributed by atoms with E-state index in [-0.39, 0.29) is 0 Å². The summed E-state index contributed by atoms with van der Waals surface area (Å²) in [4.78, 5) is 4.56. The molecule has 4 aliphatic rings. The summed E-state index contributed by atoms with van der Waals surface area (Å²) in [5.74, 6) is 4.90. The quantitative estimate of drug-likeness (QED) is 0.905. The Balaban J connectivity index is 1.31. The van der Waals surface area contributed by atoms with Gasteiger partial charge in [-0.1, -0.05) is 12.8 Å². The molecule has 2 heterocycles. The first kappa shape index (κ1) is 14.6. The Bertz CT molecular complexity index is 507. The zero-order valence-electron chi connectivity index (χ0n) is 13.6. The van der Waals surface area contributed by atoms with Gasteiger partial charge in [-0.05, 0) is 50.0 Å². The summed E-state index contributed by atoms with van der Waals surface area (Å²) in [6, 6.07) is 0.560. The largest absolute Gasteiger partial charge is 0.377 e. The van der Waals surface area contributed by atoms with Crippen LogP contribution in [0.2, 0.25) is 0 Å². The lowest BCUT2D eigenvalue weighted by atomic mass is 9.65. The molecule has 0 amide bonds. The fourth-order valence-electron chi connectivity index (χ4n) is 4.80. The average Bonchev–Trinajstić information content (AvgIpc) is 2.96. The molecule has 1 aliphatic heterocycles. The zero-order valence-corrected chi connectivity index (χ0v) is 13.6. The van der Waals surface area contributed by atoms with Crippen LogP contribution in [0, 0.1) is 17.8 Å². The van der Waals surface area contributed by atoms with Crippen molar-refractivity contribution < 1.29 is 4.74 Å². The van der Waals surface area contributed by atoms with Crippen LogP contribution < -0.4 is 5.32 Å². The molecule has 3 saturated carbocycles. The molecule has 0 spiro atoms. The maximum Gasteiger partial charge on any atom is 0.176 e. The second-order valence-electron chi connectivity index (χ2n) is 7.48. The number of methoxy groups -OCH3 is 1. The minimum atomic E-state index is 0.517. The second kappa shape index (κ2) is 6.28. The van der Waals surface area contributed by atoms with Gasteiger partial charge in [-0.15, -0.1) is 0 Å². The van der Waals surface area contributed by atoms with Gasteiger partial charge >= 0.3 is 0 Å². The van der Waals surface area contributed by atoms with Crippen molar-refractivity contribution in [1.29, 1.82) is 0 Å². The normalized spacial score (nSPS) is 33.9. The van der Waals surface area contributed by atoms with Crippen LogP contribution in [-0.4, -0.2) is 34.5 Å². The standard InChI is InChI=1S/C17H28N4O/c1-22-11-16-19-17-7-6-15(10-21(17)20-16)18-9-14-8-12-2-4-13(14)5-3-12/h12-15,18H,2-11H2,1H3. The first-order chi connectivity index (χ1) is 10.8. The van der Waals surface area contributed by atoms with E-state index in [1.807, 2.05) is 0 Å². The molecule has 1 aromatic heterocycles. The van der Waals surface area contributed by atoms with E-state index in [0.29, 0.717) is 12.6 Å². The summed E-state index contributed by atoms with van der Waals surface area (Å²) in [7, 11) is 1.70. The fourth-order valence-corrected chi connectivity index (χ4v) is 4.80. The maximum absolute atomic E-state index is 5.13. The van der Waals surface area contributed by atoms with Crippen molar-refractivity contribution in [2.75, 3.05) is 13.7 Å². The average molecular weight is 304 g/mol. The lowest BCUT2D eigenvalue weighted by Crippen LogP contribution is -2.44. The van der Waals surface area contributed by atoms with Gasteiger partial charge in [-0.3, -0.25) is 0 Å². The van der Waals surface area contributed by atoms with Crippen molar-refractivity contribution in [3.05, 3.63) is 11.6 Å². The topological polar surface area (TPSA) is 52.0 Å². The van der Waals surface area contributed by atoms with Gasteiger partial charge in [-0.25, -0.2) is 9.67 Å². The predicted octanol–water partition coefficient (Wildman–Crippen LogP) is 2.16. The highest BCUT2D eigenvalue weighted by Crippen LogP contribution is 2.44. The highest BCUT2D eigenvalue weighted by molar-refractivity contribution is 4.98. The molecule has 122 valence electrons. The zero-order chi connectivity index (χ0) is 14.9. The van der Waals surface area contributed by atoms with Gasteiger partial charge in [0.1, 0.15) is 12.4 Å².